The van der Waals surface area contributed by atoms with E-state index in [0.717, 1.165) is 22.4 Å². The smallest absolute Gasteiger partial charge is 0.0349 e. The third-order valence-corrected chi connectivity index (χ3v) is 2.43. The lowest BCUT2D eigenvalue weighted by molar-refractivity contribution is 1.39. The Labute approximate surface area is 98.0 Å². The summed E-state index contributed by atoms with van der Waals surface area (Å²) in [6, 6.07) is 6.09. The first-order valence-corrected chi connectivity index (χ1v) is 5.38. The number of aryl methyl sites for hydroxylation is 1. The summed E-state index contributed by atoms with van der Waals surface area (Å²) < 4.78 is 0. The maximum Gasteiger partial charge on any atom is 0.0349 e. The van der Waals surface area contributed by atoms with Gasteiger partial charge in [-0.2, -0.15) is 0 Å². The maximum atomic E-state index is 5.89. The van der Waals surface area contributed by atoms with Crippen molar-refractivity contribution in [2.24, 2.45) is 0 Å². The molecule has 0 saturated heterocycles. The molecule has 84 valence electrons. The van der Waals surface area contributed by atoms with Crippen LogP contribution in [0.3, 0.4) is 0 Å². The Morgan fingerprint density at radius 2 is 1.94 bits per heavy atom. The van der Waals surface area contributed by atoms with E-state index in [4.69, 9.17) is 5.73 Å². The number of nitrogens with two attached hydrogens (primary N) is 1. The van der Waals surface area contributed by atoms with Crippen molar-refractivity contribution in [3.05, 3.63) is 59.7 Å². The number of anilines is 1. The summed E-state index contributed by atoms with van der Waals surface area (Å²) in [7, 11) is 0. The maximum absolute atomic E-state index is 5.89. The Hall–Kier alpha value is -1.76. The lowest BCUT2D eigenvalue weighted by Gasteiger charge is -2.05. The van der Waals surface area contributed by atoms with Gasteiger partial charge in [0.15, 0.2) is 0 Å². The first-order valence-electron chi connectivity index (χ1n) is 5.38. The molecule has 0 aliphatic heterocycles. The number of allylic oxidation sites excluding steroid dienone is 5. The molecular formula is C15H19N. The number of hydrogen-bond acceptors (Lipinski definition) is 1. The van der Waals surface area contributed by atoms with Crippen molar-refractivity contribution in [3.63, 3.8) is 0 Å². The van der Waals surface area contributed by atoms with Gasteiger partial charge in [-0.3, -0.25) is 0 Å². The van der Waals surface area contributed by atoms with Crippen LogP contribution in [0.1, 0.15) is 25.0 Å². The highest BCUT2D eigenvalue weighted by atomic mass is 14.5. The summed E-state index contributed by atoms with van der Waals surface area (Å²) in [5.74, 6) is 0. The van der Waals surface area contributed by atoms with Gasteiger partial charge < -0.3 is 5.73 Å². The number of nitrogen functional groups attached to an aromatic ring is 1. The molecule has 0 amide bonds. The molecule has 0 bridgehead atoms. The first-order chi connectivity index (χ1) is 7.54. The molecule has 1 aromatic carbocycles. The van der Waals surface area contributed by atoms with Crippen LogP contribution >= 0.6 is 0 Å². The molecular weight excluding hydrogens is 194 g/mol. The normalized spacial score (nSPS) is 11.1. The molecule has 0 saturated carbocycles. The van der Waals surface area contributed by atoms with Gasteiger partial charge in [0.2, 0.25) is 0 Å². The standard InChI is InChI=1S/C15H19N/c1-5-13(8-6-11(2)3)14-9-7-12(4)15(16)10-14/h5-10H,1,16H2,2-4H3/b13-8+. The number of benzene rings is 1. The van der Waals surface area contributed by atoms with E-state index in [0.29, 0.717) is 0 Å². The van der Waals surface area contributed by atoms with Crippen molar-refractivity contribution in [1.29, 1.82) is 0 Å². The summed E-state index contributed by atoms with van der Waals surface area (Å²) >= 11 is 0. The van der Waals surface area contributed by atoms with Crippen LogP contribution in [0.25, 0.3) is 5.57 Å². The van der Waals surface area contributed by atoms with Crippen molar-refractivity contribution in [2.75, 3.05) is 5.73 Å². The molecule has 0 unspecified atom stereocenters. The van der Waals surface area contributed by atoms with E-state index in [1.54, 1.807) is 0 Å². The zero-order valence-electron chi connectivity index (χ0n) is 10.2. The van der Waals surface area contributed by atoms with Gasteiger partial charge in [0.05, 0.1) is 0 Å². The van der Waals surface area contributed by atoms with Crippen LogP contribution in [-0.2, 0) is 0 Å². The SMILES string of the molecule is C=C/C(=C\C=C(C)C)c1ccc(C)c(N)c1. The van der Waals surface area contributed by atoms with Crippen LogP contribution in [-0.4, -0.2) is 0 Å². The van der Waals surface area contributed by atoms with Gasteiger partial charge in [0.1, 0.15) is 0 Å². The molecule has 0 fully saturated rings. The molecule has 2 N–H and O–H groups in total. The third kappa shape index (κ3) is 3.13. The van der Waals surface area contributed by atoms with Gasteiger partial charge in [-0.1, -0.05) is 42.5 Å². The van der Waals surface area contributed by atoms with Gasteiger partial charge in [0, 0.05) is 5.69 Å². The minimum Gasteiger partial charge on any atom is -0.398 e. The quantitative estimate of drug-likeness (QED) is 0.593. The van der Waals surface area contributed by atoms with E-state index in [9.17, 15) is 0 Å². The fourth-order valence-corrected chi connectivity index (χ4v) is 1.36. The van der Waals surface area contributed by atoms with Crippen LogP contribution in [0.5, 0.6) is 0 Å². The topological polar surface area (TPSA) is 26.0 Å². The summed E-state index contributed by atoms with van der Waals surface area (Å²) in [5, 5.41) is 0. The van der Waals surface area contributed by atoms with Gasteiger partial charge in [0.25, 0.3) is 0 Å². The predicted octanol–water partition coefficient (Wildman–Crippen LogP) is 4.11. The lowest BCUT2D eigenvalue weighted by atomic mass is 10.0. The average Bonchev–Trinajstić information content (AvgIpc) is 2.23. The highest BCUT2D eigenvalue weighted by Crippen LogP contribution is 2.21. The largest absolute Gasteiger partial charge is 0.398 e. The van der Waals surface area contributed by atoms with Crippen molar-refractivity contribution >= 4 is 11.3 Å². The minimum absolute atomic E-state index is 0.822. The molecule has 0 spiro atoms. The number of hydrogen-bond donors (Lipinski definition) is 1. The van der Waals surface area contributed by atoms with E-state index >= 15 is 0 Å². The van der Waals surface area contributed by atoms with Crippen LogP contribution in [0.4, 0.5) is 5.69 Å². The molecule has 0 aliphatic rings. The number of rotatable bonds is 3. The molecule has 1 nitrogen and oxygen atoms in total. The second kappa shape index (κ2) is 5.36. The highest BCUT2D eigenvalue weighted by Gasteiger charge is 1.99. The molecule has 0 radical (unpaired) electrons. The lowest BCUT2D eigenvalue weighted by Crippen LogP contribution is -1.91. The van der Waals surface area contributed by atoms with E-state index in [1.807, 2.05) is 25.1 Å². The van der Waals surface area contributed by atoms with Crippen LogP contribution < -0.4 is 5.73 Å². The Balaban J connectivity index is 3.14. The van der Waals surface area contributed by atoms with Gasteiger partial charge in [-0.15, -0.1) is 0 Å². The Morgan fingerprint density at radius 3 is 2.44 bits per heavy atom. The zero-order valence-corrected chi connectivity index (χ0v) is 10.2. The molecule has 1 aromatic rings. The highest BCUT2D eigenvalue weighted by molar-refractivity contribution is 5.77. The summed E-state index contributed by atoms with van der Waals surface area (Å²) in [6.45, 7) is 9.98. The molecule has 16 heavy (non-hydrogen) atoms. The third-order valence-electron chi connectivity index (χ3n) is 2.43. The fourth-order valence-electron chi connectivity index (χ4n) is 1.36. The molecule has 1 rings (SSSR count). The second-order valence-corrected chi connectivity index (χ2v) is 4.14. The van der Waals surface area contributed by atoms with Gasteiger partial charge in [-0.25, -0.2) is 0 Å². The predicted molar refractivity (Wildman–Crippen MR) is 73.2 cm³/mol. The van der Waals surface area contributed by atoms with Crippen molar-refractivity contribution in [2.45, 2.75) is 20.8 Å². The molecule has 0 heterocycles. The first kappa shape index (κ1) is 12.3. The van der Waals surface area contributed by atoms with Crippen molar-refractivity contribution in [3.8, 4) is 0 Å². The van der Waals surface area contributed by atoms with Crippen LogP contribution in [0.2, 0.25) is 0 Å². The zero-order chi connectivity index (χ0) is 12.1. The summed E-state index contributed by atoms with van der Waals surface area (Å²) in [4.78, 5) is 0. The van der Waals surface area contributed by atoms with Crippen LogP contribution in [0, 0.1) is 6.92 Å². The van der Waals surface area contributed by atoms with E-state index in [-0.39, 0.29) is 0 Å². The van der Waals surface area contributed by atoms with E-state index in [2.05, 4.69) is 38.6 Å². The van der Waals surface area contributed by atoms with E-state index < -0.39 is 0 Å². The Morgan fingerprint density at radius 1 is 1.25 bits per heavy atom. The minimum atomic E-state index is 0.822. The van der Waals surface area contributed by atoms with Gasteiger partial charge in [-0.05, 0) is 43.5 Å². The van der Waals surface area contributed by atoms with Crippen molar-refractivity contribution < 1.29 is 0 Å². The fraction of sp³-hybridized carbons (Fsp3) is 0.200. The Bertz CT molecular complexity index is 447. The molecule has 0 aromatic heterocycles. The van der Waals surface area contributed by atoms with Gasteiger partial charge >= 0.3 is 0 Å². The Kier molecular flexibility index (Phi) is 4.12. The van der Waals surface area contributed by atoms with Crippen LogP contribution in [0.15, 0.2) is 48.6 Å². The van der Waals surface area contributed by atoms with E-state index in [1.165, 1.54) is 5.57 Å². The summed E-state index contributed by atoms with van der Waals surface area (Å²) in [6.07, 6.45) is 5.99. The molecule has 1 heteroatoms. The van der Waals surface area contributed by atoms with Crippen molar-refractivity contribution in [1.82, 2.24) is 0 Å². The molecule has 0 aliphatic carbocycles. The average molecular weight is 213 g/mol. The molecule has 0 atom stereocenters. The second-order valence-electron chi connectivity index (χ2n) is 4.14. The summed E-state index contributed by atoms with van der Waals surface area (Å²) in [5.41, 5.74) is 11.3. The monoisotopic (exact) mass is 213 g/mol.